The maximum Gasteiger partial charge on any atom is 0.242 e. The van der Waals surface area contributed by atoms with Gasteiger partial charge in [-0.15, -0.1) is 0 Å². The normalized spacial score (nSPS) is 11.7. The number of anilines is 1. The fourth-order valence-corrected chi connectivity index (χ4v) is 1.88. The molecule has 0 unspecified atom stereocenters. The molecule has 0 heterocycles. The number of primary amides is 1. The molecule has 80 valence electrons. The molecule has 15 heavy (non-hydrogen) atoms. The molecule has 5 nitrogen and oxygen atoms in total. The van der Waals surface area contributed by atoms with Crippen LogP contribution in [-0.2, 0) is 14.6 Å². The maximum atomic E-state index is 11.5. The van der Waals surface area contributed by atoms with Gasteiger partial charge in [0.25, 0.3) is 0 Å². The van der Waals surface area contributed by atoms with Crippen molar-refractivity contribution in [2.45, 2.75) is 4.90 Å². The highest BCUT2D eigenvalue weighted by Crippen LogP contribution is 2.13. The van der Waals surface area contributed by atoms with Crippen molar-refractivity contribution in [2.24, 2.45) is 5.73 Å². The van der Waals surface area contributed by atoms with Crippen molar-refractivity contribution in [3.05, 3.63) is 35.7 Å². The molecule has 4 N–H and O–H groups in total. The Hall–Kier alpha value is -1.82. The van der Waals surface area contributed by atoms with E-state index in [2.05, 4.69) is 0 Å². The third-order valence-corrected chi connectivity index (χ3v) is 3.04. The zero-order valence-electron chi connectivity index (χ0n) is 7.75. The minimum atomic E-state index is -3.61. The van der Waals surface area contributed by atoms with Crippen LogP contribution in [0, 0.1) is 0 Å². The standard InChI is InChI=1S/C9H10N2O3S/c10-7-1-3-8(4-2-7)15(13,14)6-5-9(11)12/h1-6H,10H2,(H2,11,12)/b6-5-. The molecule has 0 spiro atoms. The van der Waals surface area contributed by atoms with Crippen LogP contribution < -0.4 is 11.5 Å². The van der Waals surface area contributed by atoms with Gasteiger partial charge in [0, 0.05) is 17.2 Å². The highest BCUT2D eigenvalue weighted by molar-refractivity contribution is 7.94. The van der Waals surface area contributed by atoms with Gasteiger partial charge < -0.3 is 11.5 Å². The van der Waals surface area contributed by atoms with Crippen molar-refractivity contribution < 1.29 is 13.2 Å². The van der Waals surface area contributed by atoms with Gasteiger partial charge in [-0.2, -0.15) is 0 Å². The van der Waals surface area contributed by atoms with Crippen LogP contribution in [0.2, 0.25) is 0 Å². The predicted octanol–water partition coefficient (Wildman–Crippen LogP) is 0.0415. The summed E-state index contributed by atoms with van der Waals surface area (Å²) < 4.78 is 23.0. The summed E-state index contributed by atoms with van der Waals surface area (Å²) in [5.74, 6) is -0.811. The van der Waals surface area contributed by atoms with Crippen molar-refractivity contribution in [3.8, 4) is 0 Å². The second kappa shape index (κ2) is 4.14. The number of sulfone groups is 1. The van der Waals surface area contributed by atoms with Crippen LogP contribution in [0.3, 0.4) is 0 Å². The number of hydrogen-bond donors (Lipinski definition) is 2. The summed E-state index contributed by atoms with van der Waals surface area (Å²) in [4.78, 5) is 10.4. The van der Waals surface area contributed by atoms with Crippen molar-refractivity contribution in [1.29, 1.82) is 0 Å². The van der Waals surface area contributed by atoms with E-state index in [0.717, 1.165) is 11.5 Å². The molecule has 0 saturated carbocycles. The monoisotopic (exact) mass is 226 g/mol. The molecule has 6 heteroatoms. The largest absolute Gasteiger partial charge is 0.399 e. The minimum absolute atomic E-state index is 0.0641. The second-order valence-electron chi connectivity index (χ2n) is 2.82. The van der Waals surface area contributed by atoms with Crippen molar-refractivity contribution in [2.75, 3.05) is 5.73 Å². The van der Waals surface area contributed by atoms with Crippen molar-refractivity contribution in [1.82, 2.24) is 0 Å². The Morgan fingerprint density at radius 3 is 2.20 bits per heavy atom. The van der Waals surface area contributed by atoms with E-state index in [1.165, 1.54) is 24.3 Å². The van der Waals surface area contributed by atoms with E-state index in [1.807, 2.05) is 0 Å². The number of hydrogen-bond acceptors (Lipinski definition) is 4. The van der Waals surface area contributed by atoms with E-state index >= 15 is 0 Å². The Labute approximate surface area is 87.3 Å². The Kier molecular flexibility index (Phi) is 3.11. The number of benzene rings is 1. The Balaban J connectivity index is 3.07. The molecule has 1 aromatic carbocycles. The van der Waals surface area contributed by atoms with Crippen LogP contribution >= 0.6 is 0 Å². The predicted molar refractivity (Wildman–Crippen MR) is 56.4 cm³/mol. The molecule has 1 aromatic rings. The SMILES string of the molecule is NC(=O)/C=C\S(=O)(=O)c1ccc(N)cc1. The highest BCUT2D eigenvalue weighted by atomic mass is 32.2. The van der Waals surface area contributed by atoms with Gasteiger partial charge in [-0.25, -0.2) is 8.42 Å². The van der Waals surface area contributed by atoms with Gasteiger partial charge in [-0.05, 0) is 24.3 Å². The number of nitrogen functional groups attached to an aromatic ring is 1. The molecular weight excluding hydrogens is 216 g/mol. The summed E-state index contributed by atoms with van der Waals surface area (Å²) in [5, 5.41) is 0.765. The zero-order valence-corrected chi connectivity index (χ0v) is 8.57. The quantitative estimate of drug-likeness (QED) is 0.561. The summed E-state index contributed by atoms with van der Waals surface area (Å²) in [6.07, 6.45) is 0.797. The molecule has 0 radical (unpaired) electrons. The summed E-state index contributed by atoms with van der Waals surface area (Å²) in [6.45, 7) is 0. The van der Waals surface area contributed by atoms with Crippen LogP contribution in [0.25, 0.3) is 0 Å². The molecule has 0 aliphatic heterocycles. The molecule has 0 aliphatic rings. The van der Waals surface area contributed by atoms with Crippen LogP contribution in [0.4, 0.5) is 5.69 Å². The second-order valence-corrected chi connectivity index (χ2v) is 4.65. The lowest BCUT2D eigenvalue weighted by Crippen LogP contribution is -2.07. The topological polar surface area (TPSA) is 103 Å². The third-order valence-electron chi connectivity index (χ3n) is 1.62. The Morgan fingerprint density at radius 2 is 1.73 bits per heavy atom. The zero-order chi connectivity index (χ0) is 11.5. The summed E-state index contributed by atoms with van der Waals surface area (Å²) in [6, 6.07) is 5.64. The van der Waals surface area contributed by atoms with E-state index in [-0.39, 0.29) is 4.90 Å². The molecule has 0 bridgehead atoms. The van der Waals surface area contributed by atoms with Crippen molar-refractivity contribution in [3.63, 3.8) is 0 Å². The number of carbonyl (C=O) groups excluding carboxylic acids is 1. The molecule has 0 fully saturated rings. The summed E-state index contributed by atoms with van der Waals surface area (Å²) in [5.41, 5.74) is 10.7. The molecule has 0 atom stereocenters. The van der Waals surface area contributed by atoms with E-state index in [9.17, 15) is 13.2 Å². The molecule has 1 amide bonds. The van der Waals surface area contributed by atoms with Gasteiger partial charge >= 0.3 is 0 Å². The van der Waals surface area contributed by atoms with Crippen LogP contribution in [0.1, 0.15) is 0 Å². The lowest BCUT2D eigenvalue weighted by Gasteiger charge is -1.98. The van der Waals surface area contributed by atoms with Gasteiger partial charge in [0.2, 0.25) is 5.91 Å². The number of rotatable bonds is 3. The smallest absolute Gasteiger partial charge is 0.242 e. The van der Waals surface area contributed by atoms with Gasteiger partial charge in [0.15, 0.2) is 9.84 Å². The molecule has 0 saturated heterocycles. The first-order valence-electron chi connectivity index (χ1n) is 4.00. The van der Waals surface area contributed by atoms with E-state index in [4.69, 9.17) is 11.5 Å². The number of nitrogens with two attached hydrogens (primary N) is 2. The molecular formula is C9H10N2O3S. The Bertz CT molecular complexity index is 489. The highest BCUT2D eigenvalue weighted by Gasteiger charge is 2.09. The molecule has 1 rings (SSSR count). The van der Waals surface area contributed by atoms with Gasteiger partial charge in [-0.1, -0.05) is 0 Å². The lowest BCUT2D eigenvalue weighted by atomic mass is 10.3. The fraction of sp³-hybridized carbons (Fsp3) is 0. The molecule has 0 aromatic heterocycles. The first-order chi connectivity index (χ1) is 6.92. The maximum absolute atomic E-state index is 11.5. The first kappa shape index (κ1) is 11.3. The average Bonchev–Trinajstić information content (AvgIpc) is 2.16. The van der Waals surface area contributed by atoms with E-state index in [0.29, 0.717) is 5.69 Å². The van der Waals surface area contributed by atoms with Gasteiger partial charge in [0.1, 0.15) is 0 Å². The van der Waals surface area contributed by atoms with Crippen molar-refractivity contribution >= 4 is 21.4 Å². The van der Waals surface area contributed by atoms with Gasteiger partial charge in [0.05, 0.1) is 4.90 Å². The van der Waals surface area contributed by atoms with Crippen LogP contribution in [-0.4, -0.2) is 14.3 Å². The van der Waals surface area contributed by atoms with E-state index < -0.39 is 15.7 Å². The van der Waals surface area contributed by atoms with E-state index in [1.54, 1.807) is 0 Å². The summed E-state index contributed by atoms with van der Waals surface area (Å²) >= 11 is 0. The van der Waals surface area contributed by atoms with Gasteiger partial charge in [-0.3, -0.25) is 4.79 Å². The lowest BCUT2D eigenvalue weighted by molar-refractivity contribution is -0.113. The summed E-state index contributed by atoms with van der Waals surface area (Å²) in [7, 11) is -3.61. The first-order valence-corrected chi connectivity index (χ1v) is 5.54. The van der Waals surface area contributed by atoms with Crippen LogP contribution in [0.5, 0.6) is 0 Å². The Morgan fingerprint density at radius 1 is 1.20 bits per heavy atom. The fourth-order valence-electron chi connectivity index (χ4n) is 0.893. The minimum Gasteiger partial charge on any atom is -0.399 e. The third kappa shape index (κ3) is 3.10. The number of amides is 1. The van der Waals surface area contributed by atoms with Crippen LogP contribution in [0.15, 0.2) is 40.6 Å². The molecule has 0 aliphatic carbocycles. The average molecular weight is 226 g/mol. The number of carbonyl (C=O) groups is 1.